The first-order valence-electron chi connectivity index (χ1n) is 5.99. The van der Waals surface area contributed by atoms with E-state index in [1.165, 1.54) is 12.1 Å². The molecule has 0 unspecified atom stereocenters. The van der Waals surface area contributed by atoms with Crippen molar-refractivity contribution in [3.63, 3.8) is 0 Å². The topological polar surface area (TPSA) is 111 Å². The highest BCUT2D eigenvalue weighted by Crippen LogP contribution is 2.15. The lowest BCUT2D eigenvalue weighted by molar-refractivity contribution is 0.387. The Kier molecular flexibility index (Phi) is 4.35. The molecular weight excluding hydrogens is 312 g/mol. The number of nitrogens with two attached hydrogens (primary N) is 1. The van der Waals surface area contributed by atoms with Crippen LogP contribution in [0.4, 0.5) is 0 Å². The highest BCUT2D eigenvalue weighted by atomic mass is 32.2. The normalized spacial score (nSPS) is 11.5. The molecule has 0 amide bonds. The maximum atomic E-state index is 12.2. The summed E-state index contributed by atoms with van der Waals surface area (Å²) in [5.41, 5.74) is 6.90. The molecule has 0 saturated carbocycles. The van der Waals surface area contributed by atoms with E-state index in [-0.39, 0.29) is 22.3 Å². The van der Waals surface area contributed by atoms with Crippen molar-refractivity contribution in [1.82, 2.24) is 14.9 Å². The van der Waals surface area contributed by atoms with Crippen LogP contribution in [0.3, 0.4) is 0 Å². The van der Waals surface area contributed by atoms with Crippen LogP contribution in [0.1, 0.15) is 22.8 Å². The highest BCUT2D eigenvalue weighted by molar-refractivity contribution is 7.89. The summed E-state index contributed by atoms with van der Waals surface area (Å²) in [6.45, 7) is 3.33. The average Bonchev–Trinajstić information content (AvgIpc) is 2.82. The smallest absolute Gasteiger partial charge is 0.240 e. The predicted octanol–water partition coefficient (Wildman–Crippen LogP) is 0.799. The number of nitrogens with zero attached hydrogens (tertiary/aromatic N) is 2. The van der Waals surface area contributed by atoms with Crippen molar-refractivity contribution in [2.45, 2.75) is 25.3 Å². The van der Waals surface area contributed by atoms with E-state index in [1.54, 1.807) is 19.9 Å². The molecule has 2 aromatic rings. The Balaban J connectivity index is 2.19. The summed E-state index contributed by atoms with van der Waals surface area (Å²) in [5.74, 6) is 0.647. The third kappa shape index (κ3) is 3.63. The molecule has 0 atom stereocenters. The molecule has 0 bridgehead atoms. The summed E-state index contributed by atoms with van der Waals surface area (Å²) in [7, 11) is -3.67. The monoisotopic (exact) mass is 326 g/mol. The van der Waals surface area contributed by atoms with Crippen molar-refractivity contribution in [2.75, 3.05) is 0 Å². The molecule has 9 heteroatoms. The van der Waals surface area contributed by atoms with E-state index in [2.05, 4.69) is 14.9 Å². The first-order chi connectivity index (χ1) is 9.79. The van der Waals surface area contributed by atoms with Gasteiger partial charge in [0.1, 0.15) is 4.99 Å². The molecule has 0 fully saturated rings. The van der Waals surface area contributed by atoms with E-state index in [4.69, 9.17) is 22.5 Å². The third-order valence-corrected chi connectivity index (χ3v) is 4.38. The number of sulfonamides is 1. The average molecular weight is 326 g/mol. The van der Waals surface area contributed by atoms with Crippen LogP contribution in [0.5, 0.6) is 0 Å². The molecule has 0 spiro atoms. The van der Waals surface area contributed by atoms with Crippen LogP contribution >= 0.6 is 12.2 Å². The van der Waals surface area contributed by atoms with Gasteiger partial charge in [-0.15, -0.1) is 0 Å². The van der Waals surface area contributed by atoms with Crippen LogP contribution in [-0.2, 0) is 16.6 Å². The van der Waals surface area contributed by atoms with Gasteiger partial charge in [0.15, 0.2) is 5.82 Å². The molecule has 1 heterocycles. The Morgan fingerprint density at radius 3 is 2.67 bits per heavy atom. The summed E-state index contributed by atoms with van der Waals surface area (Å²) in [4.78, 5) is 4.28. The van der Waals surface area contributed by atoms with Crippen molar-refractivity contribution in [2.24, 2.45) is 5.73 Å². The van der Waals surface area contributed by atoms with Crippen LogP contribution < -0.4 is 10.5 Å². The lowest BCUT2D eigenvalue weighted by Gasteiger charge is -2.08. The van der Waals surface area contributed by atoms with E-state index < -0.39 is 10.0 Å². The van der Waals surface area contributed by atoms with Gasteiger partial charge in [-0.1, -0.05) is 23.4 Å². The SMILES string of the molecule is Cc1nc(CNS(=O)(=O)c2ccc(C(N)=S)c(C)c2)no1. The number of rotatable bonds is 5. The van der Waals surface area contributed by atoms with Crippen molar-refractivity contribution < 1.29 is 12.9 Å². The highest BCUT2D eigenvalue weighted by Gasteiger charge is 2.16. The zero-order valence-electron chi connectivity index (χ0n) is 11.5. The number of hydrogen-bond acceptors (Lipinski definition) is 6. The number of aryl methyl sites for hydroxylation is 2. The Labute approximate surface area is 127 Å². The minimum Gasteiger partial charge on any atom is -0.389 e. The molecule has 0 aliphatic carbocycles. The van der Waals surface area contributed by atoms with Gasteiger partial charge in [-0.25, -0.2) is 13.1 Å². The van der Waals surface area contributed by atoms with Crippen LogP contribution in [0.15, 0.2) is 27.6 Å². The van der Waals surface area contributed by atoms with E-state index in [9.17, 15) is 8.42 Å². The minimum absolute atomic E-state index is 0.0459. The van der Waals surface area contributed by atoms with Crippen molar-refractivity contribution in [3.05, 3.63) is 41.0 Å². The molecule has 2 rings (SSSR count). The standard InChI is InChI=1S/C12H14N4O3S2/c1-7-5-9(3-4-10(7)12(13)20)21(17,18)14-6-11-15-8(2)19-16-11/h3-5,14H,6H2,1-2H3,(H2,13,20). The maximum Gasteiger partial charge on any atom is 0.240 e. The summed E-state index contributed by atoms with van der Waals surface area (Å²) in [6.07, 6.45) is 0. The first-order valence-corrected chi connectivity index (χ1v) is 7.88. The predicted molar refractivity (Wildman–Crippen MR) is 80.1 cm³/mol. The molecule has 7 nitrogen and oxygen atoms in total. The van der Waals surface area contributed by atoms with Gasteiger partial charge in [0, 0.05) is 12.5 Å². The van der Waals surface area contributed by atoms with Crippen LogP contribution in [-0.4, -0.2) is 23.5 Å². The Morgan fingerprint density at radius 1 is 1.43 bits per heavy atom. The zero-order valence-corrected chi connectivity index (χ0v) is 13.1. The number of nitrogens with one attached hydrogen (secondary N) is 1. The number of benzene rings is 1. The third-order valence-electron chi connectivity index (χ3n) is 2.76. The summed E-state index contributed by atoms with van der Waals surface area (Å²) >= 11 is 4.89. The molecule has 0 aliphatic rings. The Morgan fingerprint density at radius 2 is 2.14 bits per heavy atom. The van der Waals surface area contributed by atoms with Crippen LogP contribution in [0, 0.1) is 13.8 Å². The second-order valence-electron chi connectivity index (χ2n) is 4.40. The second kappa shape index (κ2) is 5.88. The molecule has 1 aromatic heterocycles. The van der Waals surface area contributed by atoms with Gasteiger partial charge in [0.05, 0.1) is 11.4 Å². The number of aromatic nitrogens is 2. The van der Waals surface area contributed by atoms with E-state index >= 15 is 0 Å². The molecule has 3 N–H and O–H groups in total. The fourth-order valence-electron chi connectivity index (χ4n) is 1.74. The number of hydrogen-bond donors (Lipinski definition) is 2. The lowest BCUT2D eigenvalue weighted by Crippen LogP contribution is -2.24. The molecule has 0 aliphatic heterocycles. The quantitative estimate of drug-likeness (QED) is 0.782. The lowest BCUT2D eigenvalue weighted by atomic mass is 10.1. The molecule has 21 heavy (non-hydrogen) atoms. The fourth-order valence-corrected chi connectivity index (χ4v) is 3.03. The molecular formula is C12H14N4O3S2. The maximum absolute atomic E-state index is 12.2. The first kappa shape index (κ1) is 15.5. The summed E-state index contributed by atoms with van der Waals surface area (Å²) in [5, 5.41) is 3.62. The number of thiocarbonyl (C=S) groups is 1. The van der Waals surface area contributed by atoms with Crippen molar-refractivity contribution in [1.29, 1.82) is 0 Å². The van der Waals surface area contributed by atoms with Gasteiger partial charge in [-0.3, -0.25) is 0 Å². The molecule has 112 valence electrons. The molecule has 0 saturated heterocycles. The van der Waals surface area contributed by atoms with Gasteiger partial charge in [0.2, 0.25) is 15.9 Å². The van der Waals surface area contributed by atoms with Crippen molar-refractivity contribution >= 4 is 27.2 Å². The summed E-state index contributed by atoms with van der Waals surface area (Å²) < 4.78 is 31.5. The Hall–Kier alpha value is -1.84. The minimum atomic E-state index is -3.67. The van der Waals surface area contributed by atoms with Crippen LogP contribution in [0.2, 0.25) is 0 Å². The Bertz CT molecular complexity index is 784. The zero-order chi connectivity index (χ0) is 15.6. The largest absolute Gasteiger partial charge is 0.389 e. The van der Waals surface area contributed by atoms with Gasteiger partial charge in [-0.05, 0) is 24.6 Å². The summed E-state index contributed by atoms with van der Waals surface area (Å²) in [6, 6.07) is 4.55. The van der Waals surface area contributed by atoms with Gasteiger partial charge < -0.3 is 10.3 Å². The van der Waals surface area contributed by atoms with Crippen molar-refractivity contribution in [3.8, 4) is 0 Å². The van der Waals surface area contributed by atoms with E-state index in [0.717, 1.165) is 0 Å². The fraction of sp³-hybridized carbons (Fsp3) is 0.250. The molecule has 1 aromatic carbocycles. The van der Waals surface area contributed by atoms with Gasteiger partial charge in [-0.2, -0.15) is 4.98 Å². The van der Waals surface area contributed by atoms with E-state index in [1.807, 2.05) is 0 Å². The van der Waals surface area contributed by atoms with Gasteiger partial charge in [0.25, 0.3) is 0 Å². The van der Waals surface area contributed by atoms with Crippen LogP contribution in [0.25, 0.3) is 0 Å². The second-order valence-corrected chi connectivity index (χ2v) is 6.60. The van der Waals surface area contributed by atoms with E-state index in [0.29, 0.717) is 17.0 Å². The molecule has 0 radical (unpaired) electrons. The van der Waals surface area contributed by atoms with Gasteiger partial charge >= 0.3 is 0 Å².